The van der Waals surface area contributed by atoms with Gasteiger partial charge in [-0.25, -0.2) is 13.6 Å². The second-order valence-electron chi connectivity index (χ2n) is 7.45. The SMILES string of the molecule is COC(=O)[C@H](CC1CC1)NC(=S)C[C@@H]1CCC(=S)N1Cc1cccc(F)c1F. The molecule has 8 heteroatoms. The summed E-state index contributed by atoms with van der Waals surface area (Å²) in [4.78, 5) is 15.2. The van der Waals surface area contributed by atoms with E-state index >= 15 is 0 Å². The van der Waals surface area contributed by atoms with Crippen molar-refractivity contribution in [1.82, 2.24) is 10.2 Å². The number of carbonyl (C=O) groups is 1. The van der Waals surface area contributed by atoms with Crippen LogP contribution in [0.5, 0.6) is 0 Å². The fourth-order valence-electron chi connectivity index (χ4n) is 3.59. The van der Waals surface area contributed by atoms with Crippen LogP contribution in [0, 0.1) is 17.6 Å². The van der Waals surface area contributed by atoms with Gasteiger partial charge in [-0.15, -0.1) is 0 Å². The van der Waals surface area contributed by atoms with Crippen LogP contribution in [-0.4, -0.2) is 40.0 Å². The van der Waals surface area contributed by atoms with E-state index in [0.717, 1.165) is 30.3 Å². The lowest BCUT2D eigenvalue weighted by atomic mass is 10.1. The summed E-state index contributed by atoms with van der Waals surface area (Å²) in [5.41, 5.74) is 0.272. The third-order valence-corrected chi connectivity index (χ3v) is 6.06. The summed E-state index contributed by atoms with van der Waals surface area (Å²) >= 11 is 10.9. The highest BCUT2D eigenvalue weighted by Gasteiger charge is 2.33. The highest BCUT2D eigenvalue weighted by atomic mass is 32.1. The maximum atomic E-state index is 14.1. The zero-order valence-corrected chi connectivity index (χ0v) is 17.4. The molecule has 1 aliphatic heterocycles. The van der Waals surface area contributed by atoms with Crippen LogP contribution < -0.4 is 5.32 Å². The van der Waals surface area contributed by atoms with Gasteiger partial charge in [0.25, 0.3) is 0 Å². The van der Waals surface area contributed by atoms with Gasteiger partial charge in [-0.2, -0.15) is 0 Å². The Labute approximate surface area is 174 Å². The van der Waals surface area contributed by atoms with E-state index in [-0.39, 0.29) is 24.1 Å². The van der Waals surface area contributed by atoms with E-state index in [0.29, 0.717) is 30.2 Å². The second-order valence-corrected chi connectivity index (χ2v) is 8.42. The average Bonchev–Trinajstić information content (AvgIpc) is 3.43. The van der Waals surface area contributed by atoms with Crippen molar-refractivity contribution in [1.29, 1.82) is 0 Å². The lowest BCUT2D eigenvalue weighted by molar-refractivity contribution is -0.143. The van der Waals surface area contributed by atoms with Crippen molar-refractivity contribution < 1.29 is 18.3 Å². The standard InChI is InChI=1S/C20H24F2N2O2S2/c1-26-20(25)16(9-12-5-6-12)23-17(27)10-14-7-8-18(28)24(14)11-13-3-2-4-15(21)19(13)22/h2-4,12,14,16H,5-11H2,1H3,(H,23,27)/t14-,16-/m0/s1. The van der Waals surface area contributed by atoms with Crippen molar-refractivity contribution in [2.75, 3.05) is 7.11 Å². The molecular formula is C20H24F2N2O2S2. The van der Waals surface area contributed by atoms with Crippen molar-refractivity contribution in [3.63, 3.8) is 0 Å². The number of esters is 1. The van der Waals surface area contributed by atoms with E-state index in [4.69, 9.17) is 29.2 Å². The molecule has 0 unspecified atom stereocenters. The minimum absolute atomic E-state index is 0.00520. The number of benzene rings is 1. The largest absolute Gasteiger partial charge is 0.467 e. The van der Waals surface area contributed by atoms with Crippen LogP contribution in [0.25, 0.3) is 0 Å². The highest BCUT2D eigenvalue weighted by Crippen LogP contribution is 2.34. The number of rotatable bonds is 8. The molecule has 0 amide bonds. The molecule has 0 spiro atoms. The Bertz CT molecular complexity index is 771. The van der Waals surface area contributed by atoms with Crippen molar-refractivity contribution in [3.05, 3.63) is 35.4 Å². The summed E-state index contributed by atoms with van der Waals surface area (Å²) in [5.74, 6) is -1.47. The molecule has 0 radical (unpaired) electrons. The first-order chi connectivity index (χ1) is 13.4. The normalized spacial score (nSPS) is 20.2. The minimum atomic E-state index is -0.864. The van der Waals surface area contributed by atoms with Gasteiger partial charge in [0.2, 0.25) is 0 Å². The molecule has 1 saturated heterocycles. The maximum Gasteiger partial charge on any atom is 0.328 e. The molecule has 4 nitrogen and oxygen atoms in total. The second kappa shape index (κ2) is 9.22. The van der Waals surface area contributed by atoms with E-state index in [1.54, 1.807) is 6.07 Å². The zero-order chi connectivity index (χ0) is 20.3. The Morgan fingerprint density at radius 1 is 1.36 bits per heavy atom. The van der Waals surface area contributed by atoms with Crippen LogP contribution in [0.4, 0.5) is 8.78 Å². The average molecular weight is 427 g/mol. The van der Waals surface area contributed by atoms with Crippen molar-refractivity contribution >= 4 is 40.4 Å². The van der Waals surface area contributed by atoms with Gasteiger partial charge in [-0.1, -0.05) is 49.4 Å². The van der Waals surface area contributed by atoms with E-state index < -0.39 is 17.7 Å². The monoisotopic (exact) mass is 426 g/mol. The molecule has 1 aromatic rings. The van der Waals surface area contributed by atoms with Crippen molar-refractivity contribution in [2.24, 2.45) is 5.92 Å². The zero-order valence-electron chi connectivity index (χ0n) is 15.7. The minimum Gasteiger partial charge on any atom is -0.467 e. The Morgan fingerprint density at radius 3 is 2.79 bits per heavy atom. The number of halogens is 2. The van der Waals surface area contributed by atoms with Crippen LogP contribution in [0.2, 0.25) is 0 Å². The van der Waals surface area contributed by atoms with E-state index in [1.165, 1.54) is 13.2 Å². The van der Waals surface area contributed by atoms with Crippen LogP contribution in [0.15, 0.2) is 18.2 Å². The first-order valence-corrected chi connectivity index (χ1v) is 10.3. The van der Waals surface area contributed by atoms with Gasteiger partial charge in [0, 0.05) is 24.6 Å². The molecule has 1 aliphatic carbocycles. The van der Waals surface area contributed by atoms with Gasteiger partial charge in [0.15, 0.2) is 11.6 Å². The molecule has 1 saturated carbocycles. The van der Waals surface area contributed by atoms with Crippen LogP contribution in [0.1, 0.15) is 44.1 Å². The predicted molar refractivity (Wildman–Crippen MR) is 111 cm³/mol. The number of nitrogens with one attached hydrogen (secondary N) is 1. The predicted octanol–water partition coefficient (Wildman–Crippen LogP) is 3.91. The third kappa shape index (κ3) is 5.23. The van der Waals surface area contributed by atoms with E-state index in [9.17, 15) is 13.6 Å². The number of hydrogen-bond acceptors (Lipinski definition) is 4. The Morgan fingerprint density at radius 2 is 2.11 bits per heavy atom. The van der Waals surface area contributed by atoms with Gasteiger partial charge in [-0.05, 0) is 31.2 Å². The smallest absolute Gasteiger partial charge is 0.328 e. The Hall–Kier alpha value is -1.67. The topological polar surface area (TPSA) is 41.6 Å². The molecule has 1 heterocycles. The lowest BCUT2D eigenvalue weighted by Crippen LogP contribution is -2.43. The number of likely N-dealkylation sites (tertiary alicyclic amines) is 1. The fourth-order valence-corrected chi connectivity index (χ4v) is 4.25. The molecular weight excluding hydrogens is 402 g/mol. The van der Waals surface area contributed by atoms with E-state index in [1.807, 2.05) is 4.90 Å². The van der Waals surface area contributed by atoms with Gasteiger partial charge < -0.3 is 15.0 Å². The van der Waals surface area contributed by atoms with Gasteiger partial charge >= 0.3 is 5.97 Å². The molecule has 28 heavy (non-hydrogen) atoms. The lowest BCUT2D eigenvalue weighted by Gasteiger charge is -2.28. The Kier molecular flexibility index (Phi) is 6.93. The number of thiocarbonyl (C=S) groups is 2. The van der Waals surface area contributed by atoms with Gasteiger partial charge in [0.1, 0.15) is 6.04 Å². The summed E-state index contributed by atoms with van der Waals surface area (Å²) in [6, 6.07) is 3.72. The quantitative estimate of drug-likeness (QED) is 0.502. The van der Waals surface area contributed by atoms with Crippen LogP contribution in [-0.2, 0) is 16.1 Å². The number of hydrogen-bond donors (Lipinski definition) is 1. The molecule has 2 fully saturated rings. The number of nitrogens with zero attached hydrogens (tertiary/aromatic N) is 1. The van der Waals surface area contributed by atoms with E-state index in [2.05, 4.69) is 5.32 Å². The fraction of sp³-hybridized carbons (Fsp3) is 0.550. The van der Waals surface area contributed by atoms with Crippen molar-refractivity contribution in [2.45, 2.75) is 57.2 Å². The van der Waals surface area contributed by atoms with Gasteiger partial charge in [-0.3, -0.25) is 0 Å². The number of ether oxygens (including phenoxy) is 1. The Balaban J connectivity index is 1.62. The molecule has 1 aromatic carbocycles. The maximum absolute atomic E-state index is 14.1. The molecule has 3 rings (SSSR count). The van der Waals surface area contributed by atoms with Crippen LogP contribution in [0.3, 0.4) is 0 Å². The number of carbonyl (C=O) groups excluding carboxylic acids is 1. The summed E-state index contributed by atoms with van der Waals surface area (Å²) < 4.78 is 32.5. The van der Waals surface area contributed by atoms with Gasteiger partial charge in [0.05, 0.1) is 17.1 Å². The molecule has 2 aliphatic rings. The summed E-state index contributed by atoms with van der Waals surface area (Å²) in [5, 5.41) is 3.14. The third-order valence-electron chi connectivity index (χ3n) is 5.33. The molecule has 152 valence electrons. The highest BCUT2D eigenvalue weighted by molar-refractivity contribution is 7.80. The number of methoxy groups -OCH3 is 1. The molecule has 2 atom stereocenters. The van der Waals surface area contributed by atoms with Crippen LogP contribution >= 0.6 is 24.4 Å². The molecule has 1 N–H and O–H groups in total. The summed E-state index contributed by atoms with van der Waals surface area (Å²) in [6.07, 6.45) is 4.99. The summed E-state index contributed by atoms with van der Waals surface area (Å²) in [7, 11) is 1.37. The first-order valence-electron chi connectivity index (χ1n) is 9.48. The molecule has 0 bridgehead atoms. The summed E-state index contributed by atoms with van der Waals surface area (Å²) in [6.45, 7) is 0.207. The van der Waals surface area contributed by atoms with Crippen molar-refractivity contribution in [3.8, 4) is 0 Å². The molecule has 0 aromatic heterocycles. The first kappa shape index (κ1) is 21.0.